The zero-order valence-electron chi connectivity index (χ0n) is 12.5. The summed E-state index contributed by atoms with van der Waals surface area (Å²) in [6.07, 6.45) is 5.22. The van der Waals surface area contributed by atoms with Gasteiger partial charge in [0.05, 0.1) is 6.10 Å². The maximum absolute atomic E-state index is 12.0. The third-order valence-electron chi connectivity index (χ3n) is 2.92. The lowest BCUT2D eigenvalue weighted by Gasteiger charge is -2.13. The van der Waals surface area contributed by atoms with Gasteiger partial charge < -0.3 is 10.1 Å². The Balaban J connectivity index is 1.86. The van der Waals surface area contributed by atoms with Crippen LogP contribution in [0.25, 0.3) is 0 Å². The molecule has 6 nitrogen and oxygen atoms in total. The summed E-state index contributed by atoms with van der Waals surface area (Å²) in [4.78, 5) is 16.2. The van der Waals surface area contributed by atoms with Crippen LogP contribution in [0.2, 0.25) is 0 Å². The Labute approximate surface area is 124 Å². The van der Waals surface area contributed by atoms with Crippen LogP contribution in [-0.4, -0.2) is 26.8 Å². The van der Waals surface area contributed by atoms with E-state index in [-0.39, 0.29) is 18.1 Å². The molecule has 0 fully saturated rings. The number of hydrogen-bond acceptors (Lipinski definition) is 4. The molecule has 0 aromatic carbocycles. The van der Waals surface area contributed by atoms with Crippen LogP contribution in [0.1, 0.15) is 32.4 Å². The maximum Gasteiger partial charge on any atom is 0.244 e. The number of pyridine rings is 1. The van der Waals surface area contributed by atoms with E-state index in [4.69, 9.17) is 4.74 Å². The Bertz CT molecular complexity index is 564. The zero-order valence-corrected chi connectivity index (χ0v) is 12.5. The largest absolute Gasteiger partial charge is 0.475 e. The number of amides is 1. The highest BCUT2D eigenvalue weighted by Gasteiger charge is 2.14. The molecule has 0 saturated heterocycles. The fraction of sp³-hybridized carbons (Fsp3) is 0.400. The molecule has 21 heavy (non-hydrogen) atoms. The molecule has 2 heterocycles. The minimum atomic E-state index is -0.337. The van der Waals surface area contributed by atoms with Gasteiger partial charge in [-0.05, 0) is 32.4 Å². The van der Waals surface area contributed by atoms with Gasteiger partial charge in [0.2, 0.25) is 11.8 Å². The lowest BCUT2D eigenvalue weighted by molar-refractivity contribution is -0.124. The molecule has 0 spiro atoms. The molecular weight excluding hydrogens is 268 g/mol. The van der Waals surface area contributed by atoms with Crippen molar-refractivity contribution >= 4 is 5.91 Å². The Morgan fingerprint density at radius 1 is 1.38 bits per heavy atom. The van der Waals surface area contributed by atoms with Crippen molar-refractivity contribution in [1.82, 2.24) is 20.1 Å². The summed E-state index contributed by atoms with van der Waals surface area (Å²) in [5, 5.41) is 6.92. The van der Waals surface area contributed by atoms with Crippen molar-refractivity contribution < 1.29 is 9.53 Å². The first-order chi connectivity index (χ1) is 10.1. The second-order valence-electron chi connectivity index (χ2n) is 5.05. The predicted molar refractivity (Wildman–Crippen MR) is 78.8 cm³/mol. The summed E-state index contributed by atoms with van der Waals surface area (Å²) in [7, 11) is 0. The number of carbonyl (C=O) groups is 1. The molecule has 0 unspecified atom stereocenters. The smallest absolute Gasteiger partial charge is 0.244 e. The molecule has 0 aliphatic carbocycles. The van der Waals surface area contributed by atoms with Crippen molar-refractivity contribution in [2.75, 3.05) is 0 Å². The van der Waals surface area contributed by atoms with E-state index in [9.17, 15) is 4.79 Å². The first-order valence-corrected chi connectivity index (χ1v) is 6.94. The number of rotatable bonds is 6. The SMILES string of the molecule is CC(C)Oc1ccc(CNC(=O)[C@@H](C)n2cccn2)cn1. The van der Waals surface area contributed by atoms with Crippen molar-refractivity contribution in [3.8, 4) is 5.88 Å². The lowest BCUT2D eigenvalue weighted by atomic mass is 10.2. The van der Waals surface area contributed by atoms with Gasteiger partial charge in [-0.3, -0.25) is 9.48 Å². The van der Waals surface area contributed by atoms with Crippen LogP contribution in [0.4, 0.5) is 0 Å². The van der Waals surface area contributed by atoms with Gasteiger partial charge in [-0.15, -0.1) is 0 Å². The van der Waals surface area contributed by atoms with Gasteiger partial charge in [-0.1, -0.05) is 6.07 Å². The summed E-state index contributed by atoms with van der Waals surface area (Å²) in [6, 6.07) is 5.15. The second-order valence-corrected chi connectivity index (χ2v) is 5.05. The van der Waals surface area contributed by atoms with Gasteiger partial charge in [0, 0.05) is 31.2 Å². The van der Waals surface area contributed by atoms with Gasteiger partial charge in [0.15, 0.2) is 0 Å². The topological polar surface area (TPSA) is 69.0 Å². The number of carbonyl (C=O) groups excluding carboxylic acids is 1. The molecule has 0 aliphatic heterocycles. The summed E-state index contributed by atoms with van der Waals surface area (Å²) in [5.74, 6) is 0.506. The van der Waals surface area contributed by atoms with Crippen molar-refractivity contribution in [2.45, 2.75) is 39.5 Å². The van der Waals surface area contributed by atoms with E-state index in [1.165, 1.54) is 0 Å². The zero-order chi connectivity index (χ0) is 15.2. The van der Waals surface area contributed by atoms with E-state index in [0.717, 1.165) is 5.56 Å². The van der Waals surface area contributed by atoms with Crippen LogP contribution in [0, 0.1) is 0 Å². The fourth-order valence-corrected chi connectivity index (χ4v) is 1.79. The van der Waals surface area contributed by atoms with E-state index in [1.54, 1.807) is 42.3 Å². The summed E-state index contributed by atoms with van der Waals surface area (Å²) in [5.41, 5.74) is 0.923. The molecule has 112 valence electrons. The summed E-state index contributed by atoms with van der Waals surface area (Å²) >= 11 is 0. The van der Waals surface area contributed by atoms with E-state index in [0.29, 0.717) is 12.4 Å². The highest BCUT2D eigenvalue weighted by atomic mass is 16.5. The van der Waals surface area contributed by atoms with Crippen LogP contribution in [0.5, 0.6) is 5.88 Å². The van der Waals surface area contributed by atoms with Crippen molar-refractivity contribution in [3.05, 3.63) is 42.4 Å². The molecule has 2 rings (SSSR count). The van der Waals surface area contributed by atoms with Crippen LogP contribution in [0.3, 0.4) is 0 Å². The summed E-state index contributed by atoms with van der Waals surface area (Å²) < 4.78 is 7.09. The van der Waals surface area contributed by atoms with Crippen LogP contribution in [0.15, 0.2) is 36.8 Å². The third-order valence-corrected chi connectivity index (χ3v) is 2.92. The molecule has 2 aromatic heterocycles. The van der Waals surface area contributed by atoms with E-state index in [1.807, 2.05) is 19.9 Å². The fourth-order valence-electron chi connectivity index (χ4n) is 1.79. The minimum absolute atomic E-state index is 0.0822. The Morgan fingerprint density at radius 2 is 2.19 bits per heavy atom. The van der Waals surface area contributed by atoms with Crippen molar-refractivity contribution in [3.63, 3.8) is 0 Å². The molecule has 6 heteroatoms. The normalized spacial score (nSPS) is 12.2. The van der Waals surface area contributed by atoms with Gasteiger partial charge in [0.25, 0.3) is 0 Å². The lowest BCUT2D eigenvalue weighted by Crippen LogP contribution is -2.30. The van der Waals surface area contributed by atoms with Crippen LogP contribution < -0.4 is 10.1 Å². The number of hydrogen-bond donors (Lipinski definition) is 1. The molecule has 0 saturated carbocycles. The number of aromatic nitrogens is 3. The second kappa shape index (κ2) is 6.88. The average Bonchev–Trinajstić information content (AvgIpc) is 2.99. The van der Waals surface area contributed by atoms with E-state index in [2.05, 4.69) is 15.4 Å². The highest BCUT2D eigenvalue weighted by Crippen LogP contribution is 2.10. The molecule has 0 bridgehead atoms. The van der Waals surface area contributed by atoms with Gasteiger partial charge in [0.1, 0.15) is 6.04 Å². The average molecular weight is 288 g/mol. The minimum Gasteiger partial charge on any atom is -0.475 e. The highest BCUT2D eigenvalue weighted by molar-refractivity contribution is 5.79. The first-order valence-electron chi connectivity index (χ1n) is 6.94. The predicted octanol–water partition coefficient (Wildman–Crippen LogP) is 1.94. The Morgan fingerprint density at radius 3 is 2.76 bits per heavy atom. The van der Waals surface area contributed by atoms with Crippen molar-refractivity contribution in [1.29, 1.82) is 0 Å². The Kier molecular flexibility index (Phi) is 4.92. The van der Waals surface area contributed by atoms with Crippen LogP contribution >= 0.6 is 0 Å². The molecule has 1 atom stereocenters. The molecular formula is C15H20N4O2. The van der Waals surface area contributed by atoms with E-state index < -0.39 is 0 Å². The molecule has 0 radical (unpaired) electrons. The number of ether oxygens (including phenoxy) is 1. The first kappa shape index (κ1) is 15.0. The maximum atomic E-state index is 12.0. The van der Waals surface area contributed by atoms with Gasteiger partial charge >= 0.3 is 0 Å². The quantitative estimate of drug-likeness (QED) is 0.882. The van der Waals surface area contributed by atoms with Crippen LogP contribution in [-0.2, 0) is 11.3 Å². The molecule has 2 aromatic rings. The van der Waals surface area contributed by atoms with Gasteiger partial charge in [-0.2, -0.15) is 5.10 Å². The molecule has 0 aliphatic rings. The van der Waals surface area contributed by atoms with Crippen molar-refractivity contribution in [2.24, 2.45) is 0 Å². The van der Waals surface area contributed by atoms with Gasteiger partial charge in [-0.25, -0.2) is 4.98 Å². The monoisotopic (exact) mass is 288 g/mol. The summed E-state index contributed by atoms with van der Waals surface area (Å²) in [6.45, 7) is 6.14. The third kappa shape index (κ3) is 4.30. The standard InChI is InChI=1S/C15H20N4O2/c1-11(2)21-14-6-5-13(9-16-14)10-17-15(20)12(3)19-8-4-7-18-19/h4-9,11-12H,10H2,1-3H3,(H,17,20)/t12-/m1/s1. The molecule has 1 amide bonds. The Hall–Kier alpha value is -2.37. The molecule has 1 N–H and O–H groups in total. The van der Waals surface area contributed by atoms with E-state index >= 15 is 0 Å². The number of nitrogens with zero attached hydrogens (tertiary/aromatic N) is 3. The number of nitrogens with one attached hydrogen (secondary N) is 1.